The highest BCUT2D eigenvalue weighted by molar-refractivity contribution is 6.98. The standard InChI is InChI=1S/C27H28BN/c1-26(2)19-11-7-9-16-13-17-10-8-12-20-24(17)28(23(16)19)25-21(26)14-18(29(5)6)15-22(25)27(20,3)4/h7-12,14-15H,13H2,1-6H3. The number of nitrogens with zero attached hydrogens (tertiary/aromatic N) is 1. The minimum atomic E-state index is 0.0117. The van der Waals surface area contributed by atoms with Crippen LogP contribution in [0.5, 0.6) is 0 Å². The molecule has 0 spiro atoms. The molecule has 0 unspecified atom stereocenters. The van der Waals surface area contributed by atoms with Crippen LogP contribution in [0.25, 0.3) is 0 Å². The summed E-state index contributed by atoms with van der Waals surface area (Å²) in [4.78, 5) is 2.27. The lowest BCUT2D eigenvalue weighted by Crippen LogP contribution is -2.69. The predicted molar refractivity (Wildman–Crippen MR) is 125 cm³/mol. The van der Waals surface area contributed by atoms with E-state index in [-0.39, 0.29) is 10.8 Å². The Morgan fingerprint density at radius 3 is 1.62 bits per heavy atom. The minimum Gasteiger partial charge on any atom is -0.378 e. The number of hydrogen-bond donors (Lipinski definition) is 0. The van der Waals surface area contributed by atoms with E-state index in [4.69, 9.17) is 0 Å². The van der Waals surface area contributed by atoms with Crippen molar-refractivity contribution in [3.8, 4) is 0 Å². The highest BCUT2D eigenvalue weighted by Crippen LogP contribution is 2.44. The first-order chi connectivity index (χ1) is 13.7. The van der Waals surface area contributed by atoms with E-state index in [2.05, 4.69) is 95.2 Å². The zero-order valence-corrected chi connectivity index (χ0v) is 18.4. The van der Waals surface area contributed by atoms with Crippen molar-refractivity contribution in [2.45, 2.75) is 44.9 Å². The SMILES string of the molecule is CN(C)c1cc2c3c(c1)C(C)(C)c1cccc4c1B3c1c(cccc1C2(C)C)C4. The van der Waals surface area contributed by atoms with Gasteiger partial charge in [-0.25, -0.2) is 0 Å². The monoisotopic (exact) mass is 377 g/mol. The van der Waals surface area contributed by atoms with Gasteiger partial charge in [-0.15, -0.1) is 0 Å². The normalized spacial score (nSPS) is 18.3. The molecule has 0 bridgehead atoms. The summed E-state index contributed by atoms with van der Waals surface area (Å²) in [6.45, 7) is 10.1. The average molecular weight is 377 g/mol. The van der Waals surface area contributed by atoms with Crippen molar-refractivity contribution in [2.24, 2.45) is 0 Å². The molecular formula is C27H28BN. The van der Waals surface area contributed by atoms with Gasteiger partial charge in [0.2, 0.25) is 6.71 Å². The number of hydrogen-bond acceptors (Lipinski definition) is 1. The molecule has 2 heteroatoms. The fourth-order valence-electron chi connectivity index (χ4n) is 6.48. The molecule has 0 radical (unpaired) electrons. The van der Waals surface area contributed by atoms with Crippen LogP contribution < -0.4 is 21.3 Å². The van der Waals surface area contributed by atoms with Gasteiger partial charge in [0.25, 0.3) is 0 Å². The lowest BCUT2D eigenvalue weighted by atomic mass is 9.25. The maximum absolute atomic E-state index is 2.47. The third-order valence-electron chi connectivity index (χ3n) is 8.01. The third-order valence-corrected chi connectivity index (χ3v) is 8.01. The Kier molecular flexibility index (Phi) is 3.10. The Bertz CT molecular complexity index is 1130. The van der Waals surface area contributed by atoms with Gasteiger partial charge < -0.3 is 4.90 Å². The van der Waals surface area contributed by atoms with Gasteiger partial charge in [-0.1, -0.05) is 80.5 Å². The average Bonchev–Trinajstić information content (AvgIpc) is 2.68. The van der Waals surface area contributed by atoms with E-state index in [1.807, 2.05) is 0 Å². The Morgan fingerprint density at radius 2 is 1.17 bits per heavy atom. The Labute approximate surface area is 174 Å². The second-order valence-corrected chi connectivity index (χ2v) is 10.5. The molecule has 3 heterocycles. The van der Waals surface area contributed by atoms with E-state index in [0.29, 0.717) is 6.71 Å². The molecule has 3 aliphatic rings. The van der Waals surface area contributed by atoms with Crippen LogP contribution >= 0.6 is 0 Å². The molecule has 1 nitrogen and oxygen atoms in total. The summed E-state index contributed by atoms with van der Waals surface area (Å²) < 4.78 is 0. The maximum atomic E-state index is 2.47. The van der Waals surface area contributed by atoms with Crippen molar-refractivity contribution in [2.75, 3.05) is 19.0 Å². The van der Waals surface area contributed by atoms with Crippen LogP contribution in [0, 0.1) is 0 Å². The zero-order valence-electron chi connectivity index (χ0n) is 18.4. The second kappa shape index (κ2) is 5.16. The summed E-state index contributed by atoms with van der Waals surface area (Å²) in [6.07, 6.45) is 1.06. The van der Waals surface area contributed by atoms with Crippen molar-refractivity contribution in [3.63, 3.8) is 0 Å². The molecule has 3 aromatic rings. The van der Waals surface area contributed by atoms with Crippen molar-refractivity contribution in [3.05, 3.63) is 81.9 Å². The van der Waals surface area contributed by atoms with Gasteiger partial charge in [-0.05, 0) is 51.9 Å². The van der Waals surface area contributed by atoms with E-state index < -0.39 is 0 Å². The molecule has 0 N–H and O–H groups in total. The van der Waals surface area contributed by atoms with Gasteiger partial charge in [-0.3, -0.25) is 0 Å². The van der Waals surface area contributed by atoms with Crippen molar-refractivity contribution >= 4 is 28.8 Å². The van der Waals surface area contributed by atoms with Crippen LogP contribution in [-0.4, -0.2) is 20.8 Å². The molecule has 29 heavy (non-hydrogen) atoms. The smallest absolute Gasteiger partial charge is 0.243 e. The van der Waals surface area contributed by atoms with Crippen LogP contribution in [-0.2, 0) is 17.3 Å². The highest BCUT2D eigenvalue weighted by Gasteiger charge is 2.50. The second-order valence-electron chi connectivity index (χ2n) is 10.5. The maximum Gasteiger partial charge on any atom is 0.243 e. The zero-order chi connectivity index (χ0) is 20.3. The topological polar surface area (TPSA) is 3.24 Å². The van der Waals surface area contributed by atoms with Crippen LogP contribution in [0.15, 0.2) is 48.5 Å². The molecule has 0 atom stereocenters. The number of rotatable bonds is 1. The van der Waals surface area contributed by atoms with E-state index in [1.54, 1.807) is 16.4 Å². The molecule has 0 saturated carbocycles. The number of anilines is 1. The molecule has 0 aliphatic carbocycles. The summed E-state index contributed by atoms with van der Waals surface area (Å²) in [6, 6.07) is 19.0. The molecule has 0 saturated heterocycles. The first kappa shape index (κ1) is 17.4. The van der Waals surface area contributed by atoms with E-state index in [0.717, 1.165) is 6.42 Å². The van der Waals surface area contributed by atoms with Gasteiger partial charge in [-0.2, -0.15) is 0 Å². The molecule has 6 rings (SSSR count). The lowest BCUT2D eigenvalue weighted by molar-refractivity contribution is 0.619. The molecule has 0 aromatic heterocycles. The Morgan fingerprint density at radius 1 is 0.690 bits per heavy atom. The number of benzene rings is 3. The van der Waals surface area contributed by atoms with Crippen LogP contribution in [0.4, 0.5) is 5.69 Å². The first-order valence-corrected chi connectivity index (χ1v) is 10.8. The predicted octanol–water partition coefficient (Wildman–Crippen LogP) is 3.45. The largest absolute Gasteiger partial charge is 0.378 e. The third kappa shape index (κ3) is 1.93. The highest BCUT2D eigenvalue weighted by atomic mass is 15.1. The minimum absolute atomic E-state index is 0.0117. The van der Waals surface area contributed by atoms with Crippen molar-refractivity contribution in [1.82, 2.24) is 0 Å². The van der Waals surface area contributed by atoms with Gasteiger partial charge in [0.15, 0.2) is 0 Å². The summed E-state index contributed by atoms with van der Waals surface area (Å²) >= 11 is 0. The van der Waals surface area contributed by atoms with Crippen molar-refractivity contribution < 1.29 is 0 Å². The van der Waals surface area contributed by atoms with Gasteiger partial charge in [0.1, 0.15) is 0 Å². The van der Waals surface area contributed by atoms with Gasteiger partial charge >= 0.3 is 0 Å². The molecule has 144 valence electrons. The quantitative estimate of drug-likeness (QED) is 0.460. The van der Waals surface area contributed by atoms with Crippen LogP contribution in [0.1, 0.15) is 61.1 Å². The Balaban J connectivity index is 1.84. The first-order valence-electron chi connectivity index (χ1n) is 10.8. The van der Waals surface area contributed by atoms with Crippen LogP contribution in [0.2, 0.25) is 0 Å². The van der Waals surface area contributed by atoms with E-state index in [1.165, 1.54) is 39.1 Å². The van der Waals surface area contributed by atoms with Crippen molar-refractivity contribution in [1.29, 1.82) is 0 Å². The van der Waals surface area contributed by atoms with Crippen LogP contribution in [0.3, 0.4) is 0 Å². The molecular weight excluding hydrogens is 349 g/mol. The lowest BCUT2D eigenvalue weighted by Gasteiger charge is -2.49. The van der Waals surface area contributed by atoms with E-state index >= 15 is 0 Å². The van der Waals surface area contributed by atoms with E-state index in [9.17, 15) is 0 Å². The summed E-state index contributed by atoms with van der Waals surface area (Å²) in [7, 11) is 4.33. The molecule has 0 fully saturated rings. The fourth-order valence-corrected chi connectivity index (χ4v) is 6.48. The fraction of sp³-hybridized carbons (Fsp3) is 0.333. The van der Waals surface area contributed by atoms with Gasteiger partial charge in [0, 0.05) is 30.6 Å². The van der Waals surface area contributed by atoms with Gasteiger partial charge in [0.05, 0.1) is 0 Å². The summed E-state index contributed by atoms with van der Waals surface area (Å²) in [5.74, 6) is 0. The molecule has 3 aromatic carbocycles. The summed E-state index contributed by atoms with van der Waals surface area (Å²) in [5.41, 5.74) is 15.3. The summed E-state index contributed by atoms with van der Waals surface area (Å²) in [5, 5.41) is 0. The molecule has 3 aliphatic heterocycles. The molecule has 0 amide bonds. The Hall–Kier alpha value is -2.48.